The van der Waals surface area contributed by atoms with Gasteiger partial charge < -0.3 is 5.32 Å². The van der Waals surface area contributed by atoms with Crippen molar-refractivity contribution in [3.8, 4) is 0 Å². The Hall–Kier alpha value is 0.160. The number of amides is 1. The Morgan fingerprint density at radius 2 is 2.46 bits per heavy atom. The van der Waals surface area contributed by atoms with E-state index in [1.54, 1.807) is 0 Å². The maximum absolute atomic E-state index is 11.1. The molecule has 76 valence electrons. The molecule has 1 rings (SSSR count). The molecule has 0 aromatic carbocycles. The zero-order valence-corrected chi connectivity index (χ0v) is 10.4. The van der Waals surface area contributed by atoms with Crippen LogP contribution in [0.2, 0.25) is 0 Å². The Bertz CT molecular complexity index is 184. The number of likely N-dealkylation sites (tertiary alicyclic amines) is 1. The predicted octanol–water partition coefficient (Wildman–Crippen LogP) is 1.37. The zero-order chi connectivity index (χ0) is 9.84. The fourth-order valence-corrected chi connectivity index (χ4v) is 2.06. The maximum atomic E-state index is 11.1. The highest BCUT2D eigenvalue weighted by atomic mass is 127. The summed E-state index contributed by atoms with van der Waals surface area (Å²) < 4.78 is 0.570. The van der Waals surface area contributed by atoms with Crippen LogP contribution in [0, 0.1) is 0 Å². The fourth-order valence-electron chi connectivity index (χ4n) is 1.56. The molecule has 1 heterocycles. The first-order valence-electron chi connectivity index (χ1n) is 4.81. The average Bonchev–Trinajstić information content (AvgIpc) is 2.52. The highest BCUT2D eigenvalue weighted by Gasteiger charge is 2.25. The number of carbonyl (C=O) groups excluding carboxylic acids is 1. The van der Waals surface area contributed by atoms with Gasteiger partial charge >= 0.3 is 0 Å². The summed E-state index contributed by atoms with van der Waals surface area (Å²) in [7, 11) is 0. The Balaban J connectivity index is 2.29. The first kappa shape index (κ1) is 11.2. The summed E-state index contributed by atoms with van der Waals surface area (Å²) in [6, 6.07) is 0.379. The number of hydrogen-bond donors (Lipinski definition) is 1. The number of alkyl halides is 1. The lowest BCUT2D eigenvalue weighted by atomic mass is 10.2. The second-order valence-electron chi connectivity index (χ2n) is 3.48. The Morgan fingerprint density at radius 3 is 2.92 bits per heavy atom. The molecule has 4 heteroatoms. The predicted molar refractivity (Wildman–Crippen MR) is 61.9 cm³/mol. The summed E-state index contributed by atoms with van der Waals surface area (Å²) in [6.07, 6.45) is 1.69. The van der Waals surface area contributed by atoms with Crippen molar-refractivity contribution in [2.24, 2.45) is 0 Å². The normalized spacial score (nSPS) is 25.9. The molecule has 0 aromatic rings. The van der Waals surface area contributed by atoms with Crippen LogP contribution in [0.4, 0.5) is 0 Å². The molecular weight excluding hydrogens is 279 g/mol. The van der Waals surface area contributed by atoms with Gasteiger partial charge in [0.15, 0.2) is 0 Å². The molecule has 13 heavy (non-hydrogen) atoms. The third kappa shape index (κ3) is 3.42. The summed E-state index contributed by atoms with van der Waals surface area (Å²) in [6.45, 7) is 6.20. The SMILES string of the molecule is CCC(=O)NC1CCN(C(C)I)C1. The van der Waals surface area contributed by atoms with Crippen molar-refractivity contribution in [3.05, 3.63) is 0 Å². The lowest BCUT2D eigenvalue weighted by Crippen LogP contribution is -2.37. The summed E-state index contributed by atoms with van der Waals surface area (Å²) in [5, 5.41) is 3.03. The van der Waals surface area contributed by atoms with Gasteiger partial charge in [-0.2, -0.15) is 0 Å². The number of rotatable bonds is 3. The number of nitrogens with zero attached hydrogens (tertiary/aromatic N) is 1. The molecule has 1 aliphatic rings. The minimum absolute atomic E-state index is 0.174. The Kier molecular flexibility index (Phi) is 4.45. The first-order chi connectivity index (χ1) is 6.13. The largest absolute Gasteiger partial charge is 0.352 e. The third-order valence-electron chi connectivity index (χ3n) is 2.41. The van der Waals surface area contributed by atoms with Gasteiger partial charge in [-0.3, -0.25) is 9.69 Å². The van der Waals surface area contributed by atoms with Crippen molar-refractivity contribution in [1.82, 2.24) is 10.2 Å². The number of nitrogens with one attached hydrogen (secondary N) is 1. The molecule has 1 saturated heterocycles. The summed E-state index contributed by atoms with van der Waals surface area (Å²) in [5.74, 6) is 0.174. The van der Waals surface area contributed by atoms with Crippen molar-refractivity contribution in [3.63, 3.8) is 0 Å². The number of halogens is 1. The van der Waals surface area contributed by atoms with Gasteiger partial charge in [0.05, 0.1) is 4.05 Å². The van der Waals surface area contributed by atoms with Crippen LogP contribution < -0.4 is 5.32 Å². The minimum atomic E-state index is 0.174. The molecule has 1 amide bonds. The molecule has 0 aromatic heterocycles. The molecule has 0 spiro atoms. The molecule has 1 fully saturated rings. The quantitative estimate of drug-likeness (QED) is 0.485. The number of carbonyl (C=O) groups is 1. The van der Waals surface area contributed by atoms with Gasteiger partial charge in [-0.15, -0.1) is 0 Å². The van der Waals surface area contributed by atoms with Gasteiger partial charge in [0.1, 0.15) is 0 Å². The molecule has 1 aliphatic heterocycles. The summed E-state index contributed by atoms with van der Waals surface area (Å²) >= 11 is 2.41. The highest BCUT2D eigenvalue weighted by molar-refractivity contribution is 14.1. The van der Waals surface area contributed by atoms with Crippen LogP contribution in [0.1, 0.15) is 26.7 Å². The van der Waals surface area contributed by atoms with Gasteiger partial charge in [-0.1, -0.05) is 29.5 Å². The van der Waals surface area contributed by atoms with Crippen molar-refractivity contribution < 1.29 is 4.79 Å². The molecule has 0 saturated carbocycles. The molecule has 2 unspecified atom stereocenters. The van der Waals surface area contributed by atoms with Gasteiger partial charge in [-0.25, -0.2) is 0 Å². The topological polar surface area (TPSA) is 32.3 Å². The minimum Gasteiger partial charge on any atom is -0.352 e. The van der Waals surface area contributed by atoms with E-state index in [4.69, 9.17) is 0 Å². The van der Waals surface area contributed by atoms with E-state index in [-0.39, 0.29) is 5.91 Å². The first-order valence-corrected chi connectivity index (χ1v) is 6.05. The van der Waals surface area contributed by atoms with Crippen molar-refractivity contribution in [2.45, 2.75) is 36.8 Å². The molecule has 0 bridgehead atoms. The zero-order valence-electron chi connectivity index (χ0n) is 8.22. The Morgan fingerprint density at radius 1 is 1.77 bits per heavy atom. The summed E-state index contributed by atoms with van der Waals surface area (Å²) in [4.78, 5) is 13.5. The van der Waals surface area contributed by atoms with E-state index in [9.17, 15) is 4.79 Å². The maximum Gasteiger partial charge on any atom is 0.219 e. The van der Waals surface area contributed by atoms with E-state index in [1.807, 2.05) is 6.92 Å². The summed E-state index contributed by atoms with van der Waals surface area (Å²) in [5.41, 5.74) is 0. The van der Waals surface area contributed by atoms with Gasteiger partial charge in [0, 0.05) is 25.6 Å². The van der Waals surface area contributed by atoms with Gasteiger partial charge in [0.2, 0.25) is 5.91 Å². The number of hydrogen-bond acceptors (Lipinski definition) is 2. The van der Waals surface area contributed by atoms with Crippen LogP contribution in [0.5, 0.6) is 0 Å². The lowest BCUT2D eigenvalue weighted by Gasteiger charge is -2.18. The van der Waals surface area contributed by atoms with Gasteiger partial charge in [0.25, 0.3) is 0 Å². The van der Waals surface area contributed by atoms with E-state index in [2.05, 4.69) is 39.7 Å². The second-order valence-corrected chi connectivity index (χ2v) is 5.28. The monoisotopic (exact) mass is 296 g/mol. The second kappa shape index (κ2) is 5.14. The molecule has 2 atom stereocenters. The van der Waals surface area contributed by atoms with Crippen molar-refractivity contribution in [2.75, 3.05) is 13.1 Å². The van der Waals surface area contributed by atoms with E-state index >= 15 is 0 Å². The Labute approximate surface area is 93.4 Å². The van der Waals surface area contributed by atoms with E-state index in [0.717, 1.165) is 19.5 Å². The molecule has 1 N–H and O–H groups in total. The average molecular weight is 296 g/mol. The van der Waals surface area contributed by atoms with E-state index < -0.39 is 0 Å². The molecule has 0 radical (unpaired) electrons. The lowest BCUT2D eigenvalue weighted by molar-refractivity contribution is -0.121. The molecule has 3 nitrogen and oxygen atoms in total. The van der Waals surface area contributed by atoms with Crippen molar-refractivity contribution in [1.29, 1.82) is 0 Å². The van der Waals surface area contributed by atoms with Gasteiger partial charge in [-0.05, 0) is 13.3 Å². The van der Waals surface area contributed by atoms with Crippen molar-refractivity contribution >= 4 is 28.5 Å². The fraction of sp³-hybridized carbons (Fsp3) is 0.889. The van der Waals surface area contributed by atoms with Crippen LogP contribution in [-0.4, -0.2) is 34.0 Å². The van der Waals surface area contributed by atoms with E-state index in [0.29, 0.717) is 16.5 Å². The van der Waals surface area contributed by atoms with Crippen LogP contribution in [-0.2, 0) is 4.79 Å². The van der Waals surface area contributed by atoms with E-state index in [1.165, 1.54) is 0 Å². The third-order valence-corrected chi connectivity index (χ3v) is 3.20. The van der Waals surface area contributed by atoms with Crippen LogP contribution in [0.25, 0.3) is 0 Å². The standard InChI is InChI=1S/C9H17IN2O/c1-3-9(13)11-8-4-5-12(6-8)7(2)10/h7-8H,3-6H2,1-2H3,(H,11,13). The van der Waals surface area contributed by atoms with Crippen LogP contribution >= 0.6 is 22.6 Å². The smallest absolute Gasteiger partial charge is 0.219 e. The highest BCUT2D eigenvalue weighted by Crippen LogP contribution is 2.16. The van der Waals surface area contributed by atoms with Crippen LogP contribution in [0.3, 0.4) is 0 Å². The van der Waals surface area contributed by atoms with Crippen LogP contribution in [0.15, 0.2) is 0 Å². The molecule has 0 aliphatic carbocycles. The molecular formula is C9H17IN2O.